The number of halogens is 1. The Balaban J connectivity index is 3.89. The molecule has 0 bridgehead atoms. The van der Waals surface area contributed by atoms with Gasteiger partial charge in [-0.05, 0) is 10.5 Å². The van der Waals surface area contributed by atoms with E-state index in [1.54, 1.807) is 0 Å². The lowest BCUT2D eigenvalue weighted by atomic mass is 10.8. The van der Waals surface area contributed by atoms with Crippen LogP contribution in [0.1, 0.15) is 6.92 Å². The molecule has 0 radical (unpaired) electrons. The van der Waals surface area contributed by atoms with Crippen LogP contribution in [0.5, 0.6) is 0 Å². The second-order valence-electron chi connectivity index (χ2n) is 3.10. The van der Waals surface area contributed by atoms with Gasteiger partial charge in [0.05, 0.1) is 8.07 Å². The summed E-state index contributed by atoms with van der Waals surface area (Å²) >= 11 is 2.36. The molecule has 8 heavy (non-hydrogen) atoms. The third-order valence-corrected chi connectivity index (χ3v) is 2.83. The highest BCUT2D eigenvalue weighted by Gasteiger charge is 2.07. The van der Waals surface area contributed by atoms with Crippen LogP contribution in [-0.2, 0) is 0 Å². The molecule has 0 fully saturated rings. The molecule has 0 saturated heterocycles. The Hall–Kier alpha value is 0.687. The Bertz CT molecular complexity index is 95.6. The highest BCUT2D eigenvalue weighted by molar-refractivity contribution is 14.1. The van der Waals surface area contributed by atoms with Gasteiger partial charge in [0.1, 0.15) is 0 Å². The van der Waals surface area contributed by atoms with Crippen molar-refractivity contribution in [3.63, 3.8) is 0 Å². The van der Waals surface area contributed by atoms with Crippen LogP contribution in [0.25, 0.3) is 0 Å². The molecular formula is C6H13ISi. The molecule has 0 nitrogen and oxygen atoms in total. The predicted octanol–water partition coefficient (Wildman–Crippen LogP) is 3.20. The standard InChI is InChI=1S/C6H13ISi/c1-6(7)5-8(2,3)4/h5H,1-4H3/b6-5-. The molecule has 0 N–H and O–H groups in total. The van der Waals surface area contributed by atoms with Gasteiger partial charge in [-0.15, -0.1) is 0 Å². The minimum absolute atomic E-state index is 0.890. The van der Waals surface area contributed by atoms with E-state index >= 15 is 0 Å². The Morgan fingerprint density at radius 2 is 1.75 bits per heavy atom. The largest absolute Gasteiger partial charge is 0.0862 e. The van der Waals surface area contributed by atoms with Gasteiger partial charge in [-0.25, -0.2) is 0 Å². The van der Waals surface area contributed by atoms with Crippen LogP contribution in [0, 0.1) is 0 Å². The third kappa shape index (κ3) is 6.69. The van der Waals surface area contributed by atoms with Gasteiger partial charge in [-0.2, -0.15) is 0 Å². The van der Waals surface area contributed by atoms with E-state index in [1.807, 2.05) is 0 Å². The van der Waals surface area contributed by atoms with Crippen LogP contribution in [0.4, 0.5) is 0 Å². The lowest BCUT2D eigenvalue weighted by Gasteiger charge is -2.08. The molecule has 0 aliphatic heterocycles. The molecular weight excluding hydrogens is 227 g/mol. The van der Waals surface area contributed by atoms with Crippen molar-refractivity contribution in [3.8, 4) is 0 Å². The van der Waals surface area contributed by atoms with E-state index in [4.69, 9.17) is 0 Å². The van der Waals surface area contributed by atoms with Crippen molar-refractivity contribution in [1.29, 1.82) is 0 Å². The molecule has 0 saturated carbocycles. The van der Waals surface area contributed by atoms with Gasteiger partial charge in [0.15, 0.2) is 0 Å². The van der Waals surface area contributed by atoms with Crippen LogP contribution in [0.3, 0.4) is 0 Å². The van der Waals surface area contributed by atoms with Crippen molar-refractivity contribution in [2.24, 2.45) is 0 Å². The Kier molecular flexibility index (Phi) is 3.27. The smallest absolute Gasteiger partial charge is 0.0696 e. The molecule has 48 valence electrons. The average Bonchev–Trinajstić information content (AvgIpc) is 1.21. The summed E-state index contributed by atoms with van der Waals surface area (Å²) in [6, 6.07) is 0. The minimum atomic E-state index is -0.890. The first-order valence-corrected chi connectivity index (χ1v) is 7.42. The summed E-state index contributed by atoms with van der Waals surface area (Å²) in [6.07, 6.45) is 0. The molecule has 0 aliphatic rings. The summed E-state index contributed by atoms with van der Waals surface area (Å²) < 4.78 is 1.43. The fourth-order valence-corrected chi connectivity index (χ4v) is 4.59. The fourth-order valence-electron chi connectivity index (χ4n) is 0.597. The molecule has 0 aromatic carbocycles. The lowest BCUT2D eigenvalue weighted by molar-refractivity contribution is 1.68. The van der Waals surface area contributed by atoms with E-state index in [0.29, 0.717) is 0 Å². The van der Waals surface area contributed by atoms with Crippen molar-refractivity contribution in [2.75, 3.05) is 0 Å². The monoisotopic (exact) mass is 240 g/mol. The second-order valence-corrected chi connectivity index (χ2v) is 9.82. The van der Waals surface area contributed by atoms with Gasteiger partial charge >= 0.3 is 0 Å². The Morgan fingerprint density at radius 3 is 1.75 bits per heavy atom. The molecule has 0 aromatic rings. The summed E-state index contributed by atoms with van der Waals surface area (Å²) in [5.74, 6) is 0. The van der Waals surface area contributed by atoms with E-state index in [0.717, 1.165) is 0 Å². The first kappa shape index (κ1) is 8.69. The predicted molar refractivity (Wildman–Crippen MR) is 51.1 cm³/mol. The molecule has 0 rings (SSSR count). The van der Waals surface area contributed by atoms with Gasteiger partial charge in [0, 0.05) is 0 Å². The lowest BCUT2D eigenvalue weighted by Crippen LogP contribution is -2.15. The first-order chi connectivity index (χ1) is 3.42. The zero-order chi connectivity index (χ0) is 6.78. The molecule has 0 unspecified atom stereocenters. The van der Waals surface area contributed by atoms with Crippen molar-refractivity contribution in [2.45, 2.75) is 26.6 Å². The van der Waals surface area contributed by atoms with E-state index in [1.165, 1.54) is 3.58 Å². The van der Waals surface area contributed by atoms with Gasteiger partial charge in [-0.3, -0.25) is 0 Å². The summed E-state index contributed by atoms with van der Waals surface area (Å²) in [5.41, 5.74) is 2.40. The molecule has 0 aromatic heterocycles. The van der Waals surface area contributed by atoms with Gasteiger partial charge < -0.3 is 0 Å². The Labute approximate surface area is 66.5 Å². The van der Waals surface area contributed by atoms with E-state index < -0.39 is 8.07 Å². The molecule has 0 amide bonds. The van der Waals surface area contributed by atoms with Crippen molar-refractivity contribution in [1.82, 2.24) is 0 Å². The molecule has 0 spiro atoms. The Morgan fingerprint density at radius 1 is 1.38 bits per heavy atom. The van der Waals surface area contributed by atoms with Gasteiger partial charge in [0.2, 0.25) is 0 Å². The van der Waals surface area contributed by atoms with Crippen LogP contribution < -0.4 is 0 Å². The van der Waals surface area contributed by atoms with Crippen LogP contribution in [-0.4, -0.2) is 8.07 Å². The number of hydrogen-bond donors (Lipinski definition) is 0. The summed E-state index contributed by atoms with van der Waals surface area (Å²) in [6.45, 7) is 9.18. The zero-order valence-electron chi connectivity index (χ0n) is 5.96. The van der Waals surface area contributed by atoms with Crippen LogP contribution in [0.15, 0.2) is 9.28 Å². The van der Waals surface area contributed by atoms with Crippen LogP contribution >= 0.6 is 22.6 Å². The summed E-state index contributed by atoms with van der Waals surface area (Å²) in [4.78, 5) is 0. The quantitative estimate of drug-likeness (QED) is 0.487. The maximum absolute atomic E-state index is 2.40. The molecule has 2 heteroatoms. The highest BCUT2D eigenvalue weighted by atomic mass is 127. The van der Waals surface area contributed by atoms with E-state index in [2.05, 4.69) is 54.9 Å². The normalized spacial score (nSPS) is 14.4. The van der Waals surface area contributed by atoms with Crippen molar-refractivity contribution in [3.05, 3.63) is 9.28 Å². The van der Waals surface area contributed by atoms with Crippen molar-refractivity contribution < 1.29 is 0 Å². The van der Waals surface area contributed by atoms with Gasteiger partial charge in [-0.1, -0.05) is 47.9 Å². The second kappa shape index (κ2) is 3.01. The number of hydrogen-bond acceptors (Lipinski definition) is 0. The number of rotatable bonds is 1. The van der Waals surface area contributed by atoms with E-state index in [-0.39, 0.29) is 0 Å². The maximum Gasteiger partial charge on any atom is 0.0696 e. The number of allylic oxidation sites excluding steroid dienone is 1. The summed E-state index contributed by atoms with van der Waals surface area (Å²) in [5, 5.41) is 0. The fraction of sp³-hybridized carbons (Fsp3) is 0.667. The maximum atomic E-state index is 2.40. The molecule has 0 heterocycles. The van der Waals surface area contributed by atoms with Crippen molar-refractivity contribution >= 4 is 30.7 Å². The topological polar surface area (TPSA) is 0 Å². The SMILES string of the molecule is C/C(I)=C/[Si](C)(C)C. The molecule has 0 aliphatic carbocycles. The molecule has 0 atom stereocenters. The highest BCUT2D eigenvalue weighted by Crippen LogP contribution is 2.10. The average molecular weight is 240 g/mol. The zero-order valence-corrected chi connectivity index (χ0v) is 9.11. The van der Waals surface area contributed by atoms with E-state index in [9.17, 15) is 0 Å². The van der Waals surface area contributed by atoms with Crippen LogP contribution in [0.2, 0.25) is 19.6 Å². The summed E-state index contributed by atoms with van der Waals surface area (Å²) in [7, 11) is -0.890. The first-order valence-electron chi connectivity index (χ1n) is 2.77. The van der Waals surface area contributed by atoms with Gasteiger partial charge in [0.25, 0.3) is 0 Å². The third-order valence-electron chi connectivity index (χ3n) is 0.632. The minimum Gasteiger partial charge on any atom is -0.0862 e.